The van der Waals surface area contributed by atoms with Crippen LogP contribution in [0.1, 0.15) is 6.92 Å². The fourth-order valence-electron chi connectivity index (χ4n) is 0.863. The first-order valence-electron chi connectivity index (χ1n) is 2.92. The molecule has 1 fully saturated rings. The minimum atomic E-state index is -3.32. The summed E-state index contributed by atoms with van der Waals surface area (Å²) in [6, 6.07) is 0. The van der Waals surface area contributed by atoms with Crippen molar-refractivity contribution in [3.8, 4) is 12.3 Å². The maximum absolute atomic E-state index is 10.8. The van der Waals surface area contributed by atoms with Gasteiger partial charge < -0.3 is 9.42 Å². The van der Waals surface area contributed by atoms with Crippen LogP contribution in [0.25, 0.3) is 0 Å². The molecule has 4 heteroatoms. The summed E-state index contributed by atoms with van der Waals surface area (Å²) in [6.45, 7) is 1.93. The van der Waals surface area contributed by atoms with Crippen molar-refractivity contribution in [2.24, 2.45) is 5.41 Å². The van der Waals surface area contributed by atoms with Gasteiger partial charge in [0.05, 0.1) is 18.2 Å². The molecule has 2 atom stereocenters. The van der Waals surface area contributed by atoms with Gasteiger partial charge in [0, 0.05) is 0 Å². The van der Waals surface area contributed by atoms with Crippen LogP contribution in [0.2, 0.25) is 0 Å². The van der Waals surface area contributed by atoms with Gasteiger partial charge in [0.15, 0.2) is 0 Å². The lowest BCUT2D eigenvalue weighted by molar-refractivity contribution is 0.256. The first-order valence-corrected chi connectivity index (χ1v) is 4.68. The number of hydrogen-bond acceptors (Lipinski definition) is 2. The maximum atomic E-state index is 10.8. The van der Waals surface area contributed by atoms with E-state index >= 15 is 0 Å². The van der Waals surface area contributed by atoms with Crippen LogP contribution < -0.4 is 0 Å². The third-order valence-corrected chi connectivity index (χ3v) is 3.11. The van der Waals surface area contributed by atoms with Crippen LogP contribution >= 0.6 is 7.60 Å². The molecule has 0 aliphatic carbocycles. The highest BCUT2D eigenvalue weighted by Gasteiger charge is 2.41. The topological polar surface area (TPSA) is 46.5 Å². The monoisotopic (exact) mass is 160 g/mol. The van der Waals surface area contributed by atoms with E-state index in [2.05, 4.69) is 10.4 Å². The van der Waals surface area contributed by atoms with Crippen LogP contribution in [0.15, 0.2) is 0 Å². The molecule has 1 aliphatic rings. The van der Waals surface area contributed by atoms with Crippen LogP contribution in [-0.4, -0.2) is 17.7 Å². The molecular formula is C6H9O3P. The van der Waals surface area contributed by atoms with Crippen molar-refractivity contribution in [2.45, 2.75) is 6.92 Å². The van der Waals surface area contributed by atoms with Gasteiger partial charge in [-0.25, -0.2) is 0 Å². The molecule has 0 radical (unpaired) electrons. The lowest BCUT2D eigenvalue weighted by Gasteiger charge is -2.09. The van der Waals surface area contributed by atoms with Crippen LogP contribution in [0, 0.1) is 17.8 Å². The Morgan fingerprint density at radius 1 is 1.90 bits per heavy atom. The smallest absolute Gasteiger partial charge is 0.324 e. The quantitative estimate of drug-likeness (QED) is 0.422. The number of rotatable bonds is 0. The summed E-state index contributed by atoms with van der Waals surface area (Å²) in [5.74, 6) is 2.44. The molecule has 0 saturated carbocycles. The average molecular weight is 160 g/mol. The van der Waals surface area contributed by atoms with Gasteiger partial charge in [0.2, 0.25) is 0 Å². The van der Waals surface area contributed by atoms with Gasteiger partial charge in [0.1, 0.15) is 0 Å². The summed E-state index contributed by atoms with van der Waals surface area (Å²) in [7, 11) is -3.32. The molecule has 0 aromatic rings. The second-order valence-electron chi connectivity index (χ2n) is 2.77. The van der Waals surface area contributed by atoms with Gasteiger partial charge in [-0.05, 0) is 6.92 Å². The van der Waals surface area contributed by atoms with E-state index in [-0.39, 0.29) is 12.8 Å². The predicted octanol–water partition coefficient (Wildman–Crippen LogP) is 0.841. The summed E-state index contributed by atoms with van der Waals surface area (Å²) in [6.07, 6.45) is 5.21. The van der Waals surface area contributed by atoms with Crippen LogP contribution in [0.4, 0.5) is 0 Å². The molecule has 1 N–H and O–H groups in total. The van der Waals surface area contributed by atoms with Crippen molar-refractivity contribution in [3.05, 3.63) is 0 Å². The molecule has 0 aromatic heterocycles. The summed E-state index contributed by atoms with van der Waals surface area (Å²) >= 11 is 0. The lowest BCUT2D eigenvalue weighted by Crippen LogP contribution is -2.15. The Balaban J connectivity index is 2.79. The highest BCUT2D eigenvalue weighted by molar-refractivity contribution is 7.53. The van der Waals surface area contributed by atoms with Crippen molar-refractivity contribution < 1.29 is 14.0 Å². The minimum absolute atomic E-state index is 0.0799. The van der Waals surface area contributed by atoms with Crippen molar-refractivity contribution in [2.75, 3.05) is 12.8 Å². The van der Waals surface area contributed by atoms with Crippen molar-refractivity contribution >= 4 is 7.60 Å². The molecule has 1 saturated heterocycles. The Kier molecular flexibility index (Phi) is 1.64. The SMILES string of the molecule is C#CC1(C)COP(=O)(O)C1. The molecule has 3 nitrogen and oxygen atoms in total. The number of hydrogen-bond donors (Lipinski definition) is 1. The highest BCUT2D eigenvalue weighted by Crippen LogP contribution is 2.53. The molecule has 1 heterocycles. The lowest BCUT2D eigenvalue weighted by atomic mass is 9.97. The Morgan fingerprint density at radius 2 is 2.50 bits per heavy atom. The molecule has 1 rings (SSSR count). The van der Waals surface area contributed by atoms with E-state index in [1.165, 1.54) is 0 Å². The van der Waals surface area contributed by atoms with Crippen molar-refractivity contribution in [1.82, 2.24) is 0 Å². The molecule has 10 heavy (non-hydrogen) atoms. The minimum Gasteiger partial charge on any atom is -0.324 e. The zero-order valence-corrected chi connectivity index (χ0v) is 6.60. The molecule has 2 unspecified atom stereocenters. The predicted molar refractivity (Wildman–Crippen MR) is 37.6 cm³/mol. The van der Waals surface area contributed by atoms with E-state index in [0.29, 0.717) is 0 Å². The van der Waals surface area contributed by atoms with E-state index in [1.807, 2.05) is 0 Å². The summed E-state index contributed by atoms with van der Waals surface area (Å²) < 4.78 is 15.4. The van der Waals surface area contributed by atoms with E-state index in [1.54, 1.807) is 6.92 Å². The zero-order valence-electron chi connectivity index (χ0n) is 5.70. The average Bonchev–Trinajstić information content (AvgIpc) is 2.08. The highest BCUT2D eigenvalue weighted by atomic mass is 31.2. The van der Waals surface area contributed by atoms with Gasteiger partial charge in [-0.1, -0.05) is 5.92 Å². The largest absolute Gasteiger partial charge is 0.329 e. The number of terminal acetylenes is 1. The molecule has 0 spiro atoms. The first-order chi connectivity index (χ1) is 4.47. The van der Waals surface area contributed by atoms with E-state index in [4.69, 9.17) is 11.3 Å². The zero-order chi connectivity index (χ0) is 7.83. The third kappa shape index (κ3) is 1.41. The molecule has 1 aliphatic heterocycles. The normalized spacial score (nSPS) is 46.9. The Labute approximate surface area is 59.9 Å². The van der Waals surface area contributed by atoms with Crippen molar-refractivity contribution in [3.63, 3.8) is 0 Å². The van der Waals surface area contributed by atoms with Crippen molar-refractivity contribution in [1.29, 1.82) is 0 Å². The van der Waals surface area contributed by atoms with Gasteiger partial charge >= 0.3 is 7.60 Å². The van der Waals surface area contributed by atoms with E-state index in [0.717, 1.165) is 0 Å². The molecule has 56 valence electrons. The second-order valence-corrected chi connectivity index (χ2v) is 4.62. The van der Waals surface area contributed by atoms with Gasteiger partial charge in [0.25, 0.3) is 0 Å². The fraction of sp³-hybridized carbons (Fsp3) is 0.667. The molecule has 0 aromatic carbocycles. The van der Waals surface area contributed by atoms with E-state index < -0.39 is 13.0 Å². The Morgan fingerprint density at radius 3 is 2.70 bits per heavy atom. The van der Waals surface area contributed by atoms with Crippen LogP contribution in [0.3, 0.4) is 0 Å². The van der Waals surface area contributed by atoms with Crippen LogP contribution in [-0.2, 0) is 9.09 Å². The standard InChI is InChI=1S/C6H9O3P/c1-3-6(2)4-9-10(7,8)5-6/h1H,4-5H2,2H3,(H,7,8). The maximum Gasteiger partial charge on any atom is 0.329 e. The third-order valence-electron chi connectivity index (χ3n) is 1.48. The Hall–Kier alpha value is -0.290. The van der Waals surface area contributed by atoms with Gasteiger partial charge in [-0.2, -0.15) is 0 Å². The van der Waals surface area contributed by atoms with Gasteiger partial charge in [-0.3, -0.25) is 4.57 Å². The van der Waals surface area contributed by atoms with Gasteiger partial charge in [-0.15, -0.1) is 6.42 Å². The first kappa shape index (κ1) is 7.81. The fourth-order valence-corrected chi connectivity index (χ4v) is 2.51. The van der Waals surface area contributed by atoms with E-state index in [9.17, 15) is 4.57 Å². The molecular weight excluding hydrogens is 151 g/mol. The summed E-state index contributed by atoms with van der Waals surface area (Å²) in [5, 5.41) is 0. The molecule has 0 amide bonds. The summed E-state index contributed by atoms with van der Waals surface area (Å²) in [5.41, 5.74) is -0.537. The van der Waals surface area contributed by atoms with Crippen LogP contribution in [0.5, 0.6) is 0 Å². The second kappa shape index (κ2) is 2.10. The molecule has 0 bridgehead atoms. The summed E-state index contributed by atoms with van der Waals surface area (Å²) in [4.78, 5) is 8.90. The Bertz CT molecular complexity index is 230.